The van der Waals surface area contributed by atoms with Crippen LogP contribution >= 0.6 is 0 Å². The largest absolute Gasteiger partial charge is 0.480 e. The molecule has 2 rings (SSSR count). The molecule has 1 aliphatic rings. The average molecular weight is 329 g/mol. The Bertz CT molecular complexity index is 639. The highest BCUT2D eigenvalue weighted by molar-refractivity contribution is 5.97. The van der Waals surface area contributed by atoms with E-state index in [9.17, 15) is 32.7 Å². The van der Waals surface area contributed by atoms with E-state index in [2.05, 4.69) is 0 Å². The molecule has 1 aromatic rings. The quantitative estimate of drug-likeness (QED) is 0.885. The number of amides is 1. The topological polar surface area (TPSA) is 83.5 Å². The molecule has 2 N–H and O–H groups in total. The number of ketones is 1. The molecule has 0 saturated heterocycles. The minimum absolute atomic E-state index is 0.0222. The number of benzene rings is 1. The number of nitrogens with one attached hydrogen (secondary N) is 1. The Kier molecular flexibility index (Phi) is 5.02. The molecular formula is C15H14F3NO4. The maximum atomic E-state index is 13.6. The van der Waals surface area contributed by atoms with E-state index < -0.39 is 46.9 Å². The number of Topliss-reactive ketones (excluding diaryl/α,β-unsaturated/α-hetero) is 1. The normalized spacial score (nSPS) is 19.3. The first-order chi connectivity index (χ1) is 10.8. The van der Waals surface area contributed by atoms with Gasteiger partial charge in [0.05, 0.1) is 0 Å². The lowest BCUT2D eigenvalue weighted by Crippen LogP contribution is -2.47. The standard InChI is InChI=1S/C15H14F3NO4/c16-8-5-10(17)12(11(18)6-8)14(21)19-13(15(22)23)7-2-1-3-9(20)4-7/h5-7,13H,1-4H2,(H,19,21)(H,22,23)/t7-,13+/m1/s1. The van der Waals surface area contributed by atoms with E-state index in [1.807, 2.05) is 5.32 Å². The summed E-state index contributed by atoms with van der Waals surface area (Å²) in [7, 11) is 0. The fourth-order valence-electron chi connectivity index (χ4n) is 2.70. The first-order valence-corrected chi connectivity index (χ1v) is 6.99. The molecule has 1 aliphatic carbocycles. The summed E-state index contributed by atoms with van der Waals surface area (Å²) < 4.78 is 40.0. The fraction of sp³-hybridized carbons (Fsp3) is 0.400. The second kappa shape index (κ2) is 6.80. The molecular weight excluding hydrogens is 315 g/mol. The lowest BCUT2D eigenvalue weighted by Gasteiger charge is -2.27. The molecule has 1 fully saturated rings. The molecule has 1 saturated carbocycles. The third-order valence-electron chi connectivity index (χ3n) is 3.78. The van der Waals surface area contributed by atoms with Gasteiger partial charge >= 0.3 is 5.97 Å². The maximum Gasteiger partial charge on any atom is 0.326 e. The number of hydrogen-bond donors (Lipinski definition) is 2. The smallest absolute Gasteiger partial charge is 0.326 e. The van der Waals surface area contributed by atoms with Gasteiger partial charge in [-0.25, -0.2) is 18.0 Å². The van der Waals surface area contributed by atoms with Gasteiger partial charge in [0.1, 0.15) is 34.8 Å². The molecule has 2 atom stereocenters. The molecule has 1 amide bonds. The van der Waals surface area contributed by atoms with Crippen molar-refractivity contribution in [3.05, 3.63) is 35.1 Å². The van der Waals surface area contributed by atoms with Crippen LogP contribution in [0.5, 0.6) is 0 Å². The third kappa shape index (κ3) is 3.88. The lowest BCUT2D eigenvalue weighted by atomic mass is 9.83. The van der Waals surface area contributed by atoms with Gasteiger partial charge in [0.25, 0.3) is 5.91 Å². The predicted octanol–water partition coefficient (Wildman–Crippen LogP) is 2.05. The number of rotatable bonds is 4. The summed E-state index contributed by atoms with van der Waals surface area (Å²) >= 11 is 0. The molecule has 124 valence electrons. The van der Waals surface area contributed by atoms with Crippen LogP contribution in [0.1, 0.15) is 36.0 Å². The zero-order valence-electron chi connectivity index (χ0n) is 11.9. The van der Waals surface area contributed by atoms with Crippen molar-refractivity contribution >= 4 is 17.7 Å². The number of carbonyl (C=O) groups excluding carboxylic acids is 2. The Labute approximate surface area is 129 Å². The van der Waals surface area contributed by atoms with Crippen molar-refractivity contribution in [2.75, 3.05) is 0 Å². The fourth-order valence-corrected chi connectivity index (χ4v) is 2.70. The van der Waals surface area contributed by atoms with Crippen LogP contribution in [-0.4, -0.2) is 28.8 Å². The van der Waals surface area contributed by atoms with E-state index in [0.29, 0.717) is 31.4 Å². The van der Waals surface area contributed by atoms with Gasteiger partial charge in [-0.15, -0.1) is 0 Å². The Morgan fingerprint density at radius 2 is 1.83 bits per heavy atom. The summed E-state index contributed by atoms with van der Waals surface area (Å²) in [6.45, 7) is 0. The number of halogens is 3. The van der Waals surface area contributed by atoms with Gasteiger partial charge in [-0.05, 0) is 18.8 Å². The monoisotopic (exact) mass is 329 g/mol. The SMILES string of the molecule is O=C1CCC[C@@H]([C@H](NC(=O)c2c(F)cc(F)cc2F)C(=O)O)C1. The van der Waals surface area contributed by atoms with E-state index in [1.165, 1.54) is 0 Å². The van der Waals surface area contributed by atoms with Crippen LogP contribution in [0.3, 0.4) is 0 Å². The highest BCUT2D eigenvalue weighted by Gasteiger charge is 2.34. The van der Waals surface area contributed by atoms with Crippen molar-refractivity contribution in [1.29, 1.82) is 0 Å². The van der Waals surface area contributed by atoms with Gasteiger partial charge in [-0.3, -0.25) is 9.59 Å². The Balaban J connectivity index is 2.22. The van der Waals surface area contributed by atoms with Gasteiger partial charge in [0.15, 0.2) is 0 Å². The van der Waals surface area contributed by atoms with Crippen molar-refractivity contribution in [3.63, 3.8) is 0 Å². The average Bonchev–Trinajstić information content (AvgIpc) is 2.43. The number of carbonyl (C=O) groups is 3. The zero-order valence-corrected chi connectivity index (χ0v) is 11.9. The van der Waals surface area contributed by atoms with Crippen LogP contribution in [0.2, 0.25) is 0 Å². The minimum Gasteiger partial charge on any atom is -0.480 e. The molecule has 0 spiro atoms. The Morgan fingerprint density at radius 1 is 1.22 bits per heavy atom. The summed E-state index contributed by atoms with van der Waals surface area (Å²) in [5, 5.41) is 11.2. The molecule has 1 aromatic carbocycles. The molecule has 8 heteroatoms. The highest BCUT2D eigenvalue weighted by atomic mass is 19.1. The van der Waals surface area contributed by atoms with Crippen LogP contribution in [0.25, 0.3) is 0 Å². The van der Waals surface area contributed by atoms with Crippen LogP contribution in [0.4, 0.5) is 13.2 Å². The van der Waals surface area contributed by atoms with Gasteiger partial charge in [-0.1, -0.05) is 0 Å². The second-order valence-electron chi connectivity index (χ2n) is 5.43. The minimum atomic E-state index is -1.45. The molecule has 0 radical (unpaired) electrons. The molecule has 0 bridgehead atoms. The van der Waals surface area contributed by atoms with E-state index >= 15 is 0 Å². The first-order valence-electron chi connectivity index (χ1n) is 6.99. The first kappa shape index (κ1) is 17.0. The number of hydrogen-bond acceptors (Lipinski definition) is 3. The van der Waals surface area contributed by atoms with Crippen LogP contribution < -0.4 is 5.32 Å². The van der Waals surface area contributed by atoms with Gasteiger partial charge in [-0.2, -0.15) is 0 Å². The maximum absolute atomic E-state index is 13.6. The van der Waals surface area contributed by atoms with Crippen molar-refractivity contribution in [2.45, 2.75) is 31.7 Å². The van der Waals surface area contributed by atoms with Crippen LogP contribution in [0.15, 0.2) is 12.1 Å². The second-order valence-corrected chi connectivity index (χ2v) is 5.43. The van der Waals surface area contributed by atoms with Gasteiger partial charge < -0.3 is 10.4 Å². The molecule has 0 aromatic heterocycles. The summed E-state index contributed by atoms with van der Waals surface area (Å²) in [6, 6.07) is -0.786. The Hall–Kier alpha value is -2.38. The molecule has 0 heterocycles. The summed E-state index contributed by atoms with van der Waals surface area (Å²) in [6.07, 6.45) is 1.21. The number of aliphatic carboxylic acids is 1. The molecule has 0 unspecified atom stereocenters. The van der Waals surface area contributed by atoms with E-state index in [-0.39, 0.29) is 12.2 Å². The van der Waals surface area contributed by atoms with Crippen LogP contribution in [-0.2, 0) is 9.59 Å². The number of carboxylic acid groups (broad SMARTS) is 1. The molecule has 0 aliphatic heterocycles. The van der Waals surface area contributed by atoms with E-state index in [4.69, 9.17) is 0 Å². The molecule has 23 heavy (non-hydrogen) atoms. The van der Waals surface area contributed by atoms with Gasteiger partial charge in [0.2, 0.25) is 0 Å². The third-order valence-corrected chi connectivity index (χ3v) is 3.78. The van der Waals surface area contributed by atoms with Crippen LogP contribution in [0, 0.1) is 23.4 Å². The van der Waals surface area contributed by atoms with Crippen molar-refractivity contribution < 1.29 is 32.7 Å². The molecule has 5 nitrogen and oxygen atoms in total. The summed E-state index contributed by atoms with van der Waals surface area (Å²) in [5.74, 6) is -7.52. The summed E-state index contributed by atoms with van der Waals surface area (Å²) in [5.41, 5.74) is -1.06. The van der Waals surface area contributed by atoms with Crippen molar-refractivity contribution in [3.8, 4) is 0 Å². The van der Waals surface area contributed by atoms with Crippen molar-refractivity contribution in [1.82, 2.24) is 5.32 Å². The highest BCUT2D eigenvalue weighted by Crippen LogP contribution is 2.25. The summed E-state index contributed by atoms with van der Waals surface area (Å²) in [4.78, 5) is 34.7. The predicted molar refractivity (Wildman–Crippen MR) is 72.2 cm³/mol. The van der Waals surface area contributed by atoms with Gasteiger partial charge in [0, 0.05) is 25.0 Å². The Morgan fingerprint density at radius 3 is 2.35 bits per heavy atom. The zero-order chi connectivity index (χ0) is 17.1. The van der Waals surface area contributed by atoms with E-state index in [0.717, 1.165) is 0 Å². The van der Waals surface area contributed by atoms with Crippen molar-refractivity contribution in [2.24, 2.45) is 5.92 Å². The van der Waals surface area contributed by atoms with E-state index in [1.54, 1.807) is 0 Å². The number of carboxylic acids is 1. The lowest BCUT2D eigenvalue weighted by molar-refractivity contribution is -0.141.